The van der Waals surface area contributed by atoms with E-state index in [-0.39, 0.29) is 10.6 Å². The highest BCUT2D eigenvalue weighted by Crippen LogP contribution is 2.45. The molecule has 20 heavy (non-hydrogen) atoms. The molecule has 0 unspecified atom stereocenters. The van der Waals surface area contributed by atoms with Crippen LogP contribution in [0.5, 0.6) is 0 Å². The molecule has 1 aromatic rings. The highest BCUT2D eigenvalue weighted by molar-refractivity contribution is 7.89. The second-order valence-electron chi connectivity index (χ2n) is 5.20. The van der Waals surface area contributed by atoms with Crippen molar-refractivity contribution in [2.24, 2.45) is 16.5 Å². The van der Waals surface area contributed by atoms with Crippen LogP contribution in [0.3, 0.4) is 0 Å². The summed E-state index contributed by atoms with van der Waals surface area (Å²) in [6, 6.07) is 7.90. The molecule has 1 aromatic carbocycles. The predicted octanol–water partition coefficient (Wildman–Crippen LogP) is 1.21. The van der Waals surface area contributed by atoms with Gasteiger partial charge in [-0.1, -0.05) is 19.1 Å². The first-order valence-corrected chi connectivity index (χ1v) is 7.68. The summed E-state index contributed by atoms with van der Waals surface area (Å²) < 4.78 is 22.9. The maximum atomic E-state index is 12.2. The summed E-state index contributed by atoms with van der Waals surface area (Å²) >= 11 is 0. The Hall–Kier alpha value is -1.91. The number of benzene rings is 1. The predicted molar refractivity (Wildman–Crippen MR) is 72.9 cm³/mol. The molecule has 0 spiro atoms. The molecule has 0 aliphatic heterocycles. The Kier molecular flexibility index (Phi) is 3.54. The highest BCUT2D eigenvalue weighted by atomic mass is 32.2. The summed E-state index contributed by atoms with van der Waals surface area (Å²) in [5.41, 5.74) is -0.959. The minimum Gasteiger partial charge on any atom is -0.323 e. The van der Waals surface area contributed by atoms with Crippen LogP contribution in [0.4, 0.5) is 5.69 Å². The molecule has 1 fully saturated rings. The number of sulfonamides is 1. The van der Waals surface area contributed by atoms with Crippen molar-refractivity contribution in [3.05, 3.63) is 24.3 Å². The highest BCUT2D eigenvalue weighted by Gasteiger charge is 2.49. The van der Waals surface area contributed by atoms with Crippen molar-refractivity contribution in [2.45, 2.75) is 24.7 Å². The Morgan fingerprint density at radius 1 is 1.45 bits per heavy atom. The van der Waals surface area contributed by atoms with Crippen LogP contribution in [0.1, 0.15) is 19.8 Å². The van der Waals surface area contributed by atoms with Gasteiger partial charge in [0.2, 0.25) is 15.9 Å². The molecule has 0 atom stereocenters. The standard InChI is InChI=1S/C13H15N3O3S/c1-9-6-13(7-9,8-14)12(17)16-10-4-2-3-5-11(10)20(15,18)19/h2-5,9H,6-7H2,1H3,(H,16,17)(H2,15,18,19). The fraction of sp³-hybridized carbons (Fsp3) is 0.385. The molecule has 1 saturated carbocycles. The fourth-order valence-corrected chi connectivity index (χ4v) is 3.21. The molecule has 0 bridgehead atoms. The van der Waals surface area contributed by atoms with Gasteiger partial charge in [0, 0.05) is 0 Å². The van der Waals surface area contributed by atoms with Gasteiger partial charge in [-0.05, 0) is 30.9 Å². The van der Waals surface area contributed by atoms with Crippen molar-refractivity contribution in [1.29, 1.82) is 5.26 Å². The van der Waals surface area contributed by atoms with Crippen molar-refractivity contribution in [3.63, 3.8) is 0 Å². The van der Waals surface area contributed by atoms with E-state index in [4.69, 9.17) is 5.14 Å². The zero-order chi connectivity index (χ0) is 15.0. The lowest BCUT2D eigenvalue weighted by molar-refractivity contribution is -0.128. The van der Waals surface area contributed by atoms with Crippen LogP contribution in [-0.4, -0.2) is 14.3 Å². The van der Waals surface area contributed by atoms with Crippen molar-refractivity contribution < 1.29 is 13.2 Å². The van der Waals surface area contributed by atoms with Crippen LogP contribution < -0.4 is 10.5 Å². The van der Waals surface area contributed by atoms with Crippen LogP contribution in [0.25, 0.3) is 0 Å². The summed E-state index contributed by atoms with van der Waals surface area (Å²) in [4.78, 5) is 12.0. The molecule has 2 rings (SSSR count). The Morgan fingerprint density at radius 2 is 2.05 bits per heavy atom. The van der Waals surface area contributed by atoms with E-state index in [9.17, 15) is 18.5 Å². The lowest BCUT2D eigenvalue weighted by Gasteiger charge is -2.39. The molecule has 0 heterocycles. The van der Waals surface area contributed by atoms with Crippen LogP contribution in [0.15, 0.2) is 29.2 Å². The van der Waals surface area contributed by atoms with Gasteiger partial charge in [0.15, 0.2) is 0 Å². The Bertz CT molecular complexity index is 685. The number of nitrogens with zero attached hydrogens (tertiary/aromatic N) is 1. The minimum atomic E-state index is -3.93. The number of nitriles is 1. The lowest BCUT2D eigenvalue weighted by atomic mass is 9.63. The van der Waals surface area contributed by atoms with Gasteiger partial charge < -0.3 is 5.32 Å². The first-order valence-electron chi connectivity index (χ1n) is 6.13. The summed E-state index contributed by atoms with van der Waals surface area (Å²) in [5.74, 6) is -0.164. The first kappa shape index (κ1) is 14.5. The van der Waals surface area contributed by atoms with Gasteiger partial charge in [-0.15, -0.1) is 0 Å². The van der Waals surface area contributed by atoms with E-state index in [2.05, 4.69) is 5.32 Å². The number of rotatable bonds is 3. The Morgan fingerprint density at radius 3 is 2.55 bits per heavy atom. The largest absolute Gasteiger partial charge is 0.323 e. The van der Waals surface area contributed by atoms with Gasteiger partial charge in [0.25, 0.3) is 0 Å². The molecule has 7 heteroatoms. The van der Waals surface area contributed by atoms with E-state index in [0.717, 1.165) is 0 Å². The van der Waals surface area contributed by atoms with Gasteiger partial charge in [-0.3, -0.25) is 4.79 Å². The molecular weight excluding hydrogens is 278 g/mol. The molecule has 1 aliphatic rings. The second kappa shape index (κ2) is 4.89. The number of carbonyl (C=O) groups is 1. The number of nitrogens with two attached hydrogens (primary N) is 1. The average molecular weight is 293 g/mol. The van der Waals surface area contributed by atoms with E-state index in [1.807, 2.05) is 13.0 Å². The van der Waals surface area contributed by atoms with Crippen LogP contribution in [0.2, 0.25) is 0 Å². The monoisotopic (exact) mass is 293 g/mol. The van der Waals surface area contributed by atoms with Crippen molar-refractivity contribution in [3.8, 4) is 6.07 Å². The molecule has 6 nitrogen and oxygen atoms in total. The molecule has 3 N–H and O–H groups in total. The number of anilines is 1. The maximum Gasteiger partial charge on any atom is 0.244 e. The maximum absolute atomic E-state index is 12.2. The minimum absolute atomic E-state index is 0.106. The quantitative estimate of drug-likeness (QED) is 0.872. The summed E-state index contributed by atoms with van der Waals surface area (Å²) in [5, 5.41) is 16.8. The van der Waals surface area contributed by atoms with Gasteiger partial charge >= 0.3 is 0 Å². The van der Waals surface area contributed by atoms with Crippen LogP contribution >= 0.6 is 0 Å². The Labute approximate surface area is 117 Å². The third kappa shape index (κ3) is 2.53. The number of hydrogen-bond acceptors (Lipinski definition) is 4. The molecule has 0 radical (unpaired) electrons. The number of primary sulfonamides is 1. The van der Waals surface area contributed by atoms with Gasteiger partial charge in [-0.2, -0.15) is 5.26 Å². The molecule has 1 amide bonds. The topological polar surface area (TPSA) is 113 Å². The normalized spacial score (nSPS) is 25.4. The molecule has 1 aliphatic carbocycles. The molecule has 106 valence electrons. The summed E-state index contributed by atoms with van der Waals surface area (Å²) in [7, 11) is -3.93. The zero-order valence-electron chi connectivity index (χ0n) is 11.0. The SMILES string of the molecule is CC1CC(C#N)(C(=O)Nc2ccccc2S(N)(=O)=O)C1. The summed E-state index contributed by atoms with van der Waals surface area (Å²) in [6.07, 6.45) is 0.958. The second-order valence-corrected chi connectivity index (χ2v) is 6.73. The number of carbonyl (C=O) groups excluding carboxylic acids is 1. The third-order valence-corrected chi connectivity index (χ3v) is 4.45. The smallest absolute Gasteiger partial charge is 0.244 e. The van der Waals surface area contributed by atoms with E-state index in [0.29, 0.717) is 18.8 Å². The van der Waals surface area contributed by atoms with Crippen molar-refractivity contribution >= 4 is 21.6 Å². The number of hydrogen-bond donors (Lipinski definition) is 2. The lowest BCUT2D eigenvalue weighted by Crippen LogP contribution is -2.45. The first-order chi connectivity index (χ1) is 9.28. The number of amides is 1. The number of para-hydroxylation sites is 1. The van der Waals surface area contributed by atoms with Gasteiger partial charge in [-0.25, -0.2) is 13.6 Å². The zero-order valence-corrected chi connectivity index (χ0v) is 11.8. The van der Waals surface area contributed by atoms with Gasteiger partial charge in [0.1, 0.15) is 10.3 Å². The van der Waals surface area contributed by atoms with Gasteiger partial charge in [0.05, 0.1) is 11.8 Å². The average Bonchev–Trinajstić information content (AvgIpc) is 2.34. The van der Waals surface area contributed by atoms with Crippen LogP contribution in [-0.2, 0) is 14.8 Å². The van der Waals surface area contributed by atoms with Crippen LogP contribution in [0, 0.1) is 22.7 Å². The van der Waals surface area contributed by atoms with E-state index < -0.39 is 21.3 Å². The fourth-order valence-electron chi connectivity index (χ4n) is 2.52. The van der Waals surface area contributed by atoms with Crippen molar-refractivity contribution in [2.75, 3.05) is 5.32 Å². The molecule has 0 saturated heterocycles. The number of nitrogens with one attached hydrogen (secondary N) is 1. The van der Waals surface area contributed by atoms with Crippen molar-refractivity contribution in [1.82, 2.24) is 0 Å². The third-order valence-electron chi connectivity index (χ3n) is 3.48. The van der Waals surface area contributed by atoms with E-state index in [1.165, 1.54) is 18.2 Å². The van der Waals surface area contributed by atoms with E-state index in [1.54, 1.807) is 6.07 Å². The summed E-state index contributed by atoms with van der Waals surface area (Å²) in [6.45, 7) is 1.96. The molecule has 0 aromatic heterocycles. The Balaban J connectivity index is 2.28. The molecular formula is C13H15N3O3S. The van der Waals surface area contributed by atoms with E-state index >= 15 is 0 Å².